The number of nitrogens with zero attached hydrogens (tertiary/aromatic N) is 1. The van der Waals surface area contributed by atoms with Crippen LogP contribution in [0.3, 0.4) is 0 Å². The van der Waals surface area contributed by atoms with Crippen molar-refractivity contribution in [2.24, 2.45) is 0 Å². The van der Waals surface area contributed by atoms with Gasteiger partial charge in [-0.3, -0.25) is 4.79 Å². The zero-order valence-corrected chi connectivity index (χ0v) is 8.05. The number of halogens is 2. The second-order valence-electron chi connectivity index (χ2n) is 3.24. The molecule has 1 aromatic carbocycles. The predicted octanol–water partition coefficient (Wildman–Crippen LogP) is 1.60. The molecule has 0 spiro atoms. The molecule has 0 bridgehead atoms. The maximum absolute atomic E-state index is 12.7. The minimum Gasteiger partial charge on any atom is -0.349 e. The first-order valence-corrected chi connectivity index (χ1v) is 4.14. The second-order valence-corrected chi connectivity index (χ2v) is 3.24. The molecule has 0 radical (unpaired) electrons. The van der Waals surface area contributed by atoms with E-state index in [1.807, 2.05) is 0 Å². The van der Waals surface area contributed by atoms with Gasteiger partial charge in [0.15, 0.2) is 0 Å². The normalized spacial score (nSPS) is 10.0. The lowest BCUT2D eigenvalue weighted by molar-refractivity contribution is -0.127. The smallest absolute Gasteiger partial charge is 0.226 e. The van der Waals surface area contributed by atoms with E-state index in [0.29, 0.717) is 5.56 Å². The fourth-order valence-electron chi connectivity index (χ4n) is 1.05. The van der Waals surface area contributed by atoms with E-state index >= 15 is 0 Å². The Morgan fingerprint density at radius 2 is 1.71 bits per heavy atom. The second kappa shape index (κ2) is 4.17. The summed E-state index contributed by atoms with van der Waals surface area (Å²) >= 11 is 0. The Bertz CT molecular complexity index is 330. The van der Waals surface area contributed by atoms with Gasteiger partial charge in [-0.05, 0) is 17.7 Å². The molecule has 1 rings (SSSR count). The van der Waals surface area contributed by atoms with Gasteiger partial charge in [0.25, 0.3) is 0 Å². The first-order valence-electron chi connectivity index (χ1n) is 4.14. The van der Waals surface area contributed by atoms with Gasteiger partial charge < -0.3 is 4.90 Å². The molecule has 0 fully saturated rings. The molecule has 14 heavy (non-hydrogen) atoms. The van der Waals surface area contributed by atoms with Crippen LogP contribution in [0.25, 0.3) is 0 Å². The molecule has 0 saturated carbocycles. The van der Waals surface area contributed by atoms with Crippen LogP contribution in [0.15, 0.2) is 18.2 Å². The van der Waals surface area contributed by atoms with Crippen molar-refractivity contribution in [3.63, 3.8) is 0 Å². The highest BCUT2D eigenvalue weighted by molar-refractivity contribution is 5.78. The third-order valence-electron chi connectivity index (χ3n) is 1.78. The molecule has 1 amide bonds. The molecule has 0 saturated heterocycles. The Labute approximate surface area is 81.1 Å². The van der Waals surface area contributed by atoms with E-state index in [1.165, 1.54) is 4.90 Å². The van der Waals surface area contributed by atoms with Crippen molar-refractivity contribution in [2.75, 3.05) is 14.1 Å². The SMILES string of the molecule is CN(C)C(=O)Cc1cc(F)cc(F)c1. The molecule has 0 atom stereocenters. The van der Waals surface area contributed by atoms with Gasteiger partial charge in [0.05, 0.1) is 6.42 Å². The highest BCUT2D eigenvalue weighted by atomic mass is 19.1. The average Bonchev–Trinajstić information content (AvgIpc) is 2.01. The molecular weight excluding hydrogens is 188 g/mol. The van der Waals surface area contributed by atoms with E-state index in [1.54, 1.807) is 14.1 Å². The van der Waals surface area contributed by atoms with Gasteiger partial charge in [-0.2, -0.15) is 0 Å². The quantitative estimate of drug-likeness (QED) is 0.708. The molecule has 0 aliphatic rings. The van der Waals surface area contributed by atoms with Gasteiger partial charge in [0, 0.05) is 20.2 Å². The Kier molecular flexibility index (Phi) is 3.17. The van der Waals surface area contributed by atoms with Gasteiger partial charge in [-0.15, -0.1) is 0 Å². The molecule has 1 aromatic rings. The maximum Gasteiger partial charge on any atom is 0.226 e. The summed E-state index contributed by atoms with van der Waals surface area (Å²) in [6.45, 7) is 0. The Morgan fingerprint density at radius 1 is 1.21 bits per heavy atom. The van der Waals surface area contributed by atoms with E-state index in [4.69, 9.17) is 0 Å². The van der Waals surface area contributed by atoms with Crippen LogP contribution in [0.2, 0.25) is 0 Å². The fraction of sp³-hybridized carbons (Fsp3) is 0.300. The standard InChI is InChI=1S/C10H11F2NO/c1-13(2)10(14)5-7-3-8(11)6-9(12)4-7/h3-4,6H,5H2,1-2H3. The molecule has 0 N–H and O–H groups in total. The number of hydrogen-bond donors (Lipinski definition) is 0. The van der Waals surface area contributed by atoms with Crippen molar-refractivity contribution >= 4 is 5.91 Å². The molecule has 0 aliphatic carbocycles. The van der Waals surface area contributed by atoms with Crippen molar-refractivity contribution in [3.05, 3.63) is 35.4 Å². The highest BCUT2D eigenvalue weighted by Gasteiger charge is 2.07. The molecular formula is C10H11F2NO. The first-order chi connectivity index (χ1) is 6.49. The van der Waals surface area contributed by atoms with E-state index in [-0.39, 0.29) is 12.3 Å². The molecule has 0 unspecified atom stereocenters. The summed E-state index contributed by atoms with van der Waals surface area (Å²) in [5.41, 5.74) is 0.348. The van der Waals surface area contributed by atoms with E-state index in [0.717, 1.165) is 18.2 Å². The molecule has 0 aliphatic heterocycles. The minimum atomic E-state index is -0.661. The van der Waals surface area contributed by atoms with Crippen LogP contribution in [-0.4, -0.2) is 24.9 Å². The van der Waals surface area contributed by atoms with Gasteiger partial charge >= 0.3 is 0 Å². The predicted molar refractivity (Wildman–Crippen MR) is 48.8 cm³/mol. The fourth-order valence-corrected chi connectivity index (χ4v) is 1.05. The molecule has 76 valence electrons. The summed E-state index contributed by atoms with van der Waals surface area (Å²) in [6.07, 6.45) is 0.0156. The number of likely N-dealkylation sites (N-methyl/N-ethyl adjacent to an activating group) is 1. The maximum atomic E-state index is 12.7. The van der Waals surface area contributed by atoms with Crippen LogP contribution < -0.4 is 0 Å². The van der Waals surface area contributed by atoms with Crippen LogP contribution in [0, 0.1) is 11.6 Å². The number of carbonyl (C=O) groups excluding carboxylic acids is 1. The highest BCUT2D eigenvalue weighted by Crippen LogP contribution is 2.09. The average molecular weight is 199 g/mol. The van der Waals surface area contributed by atoms with Crippen LogP contribution in [-0.2, 0) is 11.2 Å². The third kappa shape index (κ3) is 2.80. The van der Waals surface area contributed by atoms with E-state index in [2.05, 4.69) is 0 Å². The summed E-state index contributed by atoms with van der Waals surface area (Å²) < 4.78 is 25.4. The molecule has 0 aromatic heterocycles. The lowest BCUT2D eigenvalue weighted by Crippen LogP contribution is -2.23. The van der Waals surface area contributed by atoms with Crippen molar-refractivity contribution in [1.29, 1.82) is 0 Å². The summed E-state index contributed by atoms with van der Waals surface area (Å²) in [6, 6.07) is 3.10. The minimum absolute atomic E-state index is 0.0156. The summed E-state index contributed by atoms with van der Waals surface area (Å²) in [5.74, 6) is -1.51. The van der Waals surface area contributed by atoms with Crippen molar-refractivity contribution in [2.45, 2.75) is 6.42 Å². The van der Waals surface area contributed by atoms with Crippen LogP contribution in [0.1, 0.15) is 5.56 Å². The van der Waals surface area contributed by atoms with Crippen LogP contribution in [0.4, 0.5) is 8.78 Å². The summed E-state index contributed by atoms with van der Waals surface area (Å²) in [4.78, 5) is 12.6. The monoisotopic (exact) mass is 199 g/mol. The van der Waals surface area contributed by atoms with Gasteiger partial charge in [-0.1, -0.05) is 0 Å². The van der Waals surface area contributed by atoms with Crippen LogP contribution in [0.5, 0.6) is 0 Å². The molecule has 4 heteroatoms. The van der Waals surface area contributed by atoms with Gasteiger partial charge in [0.1, 0.15) is 11.6 Å². The summed E-state index contributed by atoms with van der Waals surface area (Å²) in [5, 5.41) is 0. The first kappa shape index (κ1) is 10.6. The largest absolute Gasteiger partial charge is 0.349 e. The Balaban J connectivity index is 2.82. The van der Waals surface area contributed by atoms with E-state index in [9.17, 15) is 13.6 Å². The number of rotatable bonds is 2. The number of benzene rings is 1. The van der Waals surface area contributed by atoms with Gasteiger partial charge in [-0.25, -0.2) is 8.78 Å². The number of carbonyl (C=O) groups is 1. The zero-order valence-electron chi connectivity index (χ0n) is 8.05. The number of hydrogen-bond acceptors (Lipinski definition) is 1. The summed E-state index contributed by atoms with van der Waals surface area (Å²) in [7, 11) is 3.19. The third-order valence-corrected chi connectivity index (χ3v) is 1.78. The van der Waals surface area contributed by atoms with Crippen molar-refractivity contribution in [1.82, 2.24) is 4.90 Å². The number of amides is 1. The zero-order chi connectivity index (χ0) is 10.7. The Morgan fingerprint density at radius 3 is 2.14 bits per heavy atom. The van der Waals surface area contributed by atoms with Gasteiger partial charge in [0.2, 0.25) is 5.91 Å². The molecule has 2 nitrogen and oxygen atoms in total. The lowest BCUT2D eigenvalue weighted by Gasteiger charge is -2.09. The Hall–Kier alpha value is -1.45. The van der Waals surface area contributed by atoms with Crippen molar-refractivity contribution in [3.8, 4) is 0 Å². The van der Waals surface area contributed by atoms with Crippen LogP contribution >= 0.6 is 0 Å². The topological polar surface area (TPSA) is 20.3 Å². The van der Waals surface area contributed by atoms with E-state index < -0.39 is 11.6 Å². The lowest BCUT2D eigenvalue weighted by atomic mass is 10.1. The van der Waals surface area contributed by atoms with Crippen molar-refractivity contribution < 1.29 is 13.6 Å². The molecule has 0 heterocycles.